The second-order valence-electron chi connectivity index (χ2n) is 8.69. The summed E-state index contributed by atoms with van der Waals surface area (Å²) in [6.07, 6.45) is 6.20. The largest absolute Gasteiger partial charge is 0.379 e. The van der Waals surface area contributed by atoms with E-state index in [1.165, 1.54) is 37.1 Å². The molecule has 2 aliphatic heterocycles. The van der Waals surface area contributed by atoms with E-state index in [1.54, 1.807) is 0 Å². The van der Waals surface area contributed by atoms with Crippen molar-refractivity contribution in [3.8, 4) is 0 Å². The van der Waals surface area contributed by atoms with Crippen LogP contribution in [0, 0.1) is 5.92 Å². The number of hydrogen-bond acceptors (Lipinski definition) is 4. The molecule has 0 bridgehead atoms. The zero-order valence-electron chi connectivity index (χ0n) is 18.9. The Morgan fingerprint density at radius 1 is 1.20 bits per heavy atom. The van der Waals surface area contributed by atoms with Gasteiger partial charge < -0.3 is 20.1 Å². The van der Waals surface area contributed by atoms with Gasteiger partial charge in [0.2, 0.25) is 0 Å². The van der Waals surface area contributed by atoms with E-state index in [0.29, 0.717) is 6.10 Å². The molecule has 0 aliphatic carbocycles. The maximum atomic E-state index is 5.71. The Balaban J connectivity index is 1.31. The predicted octanol–water partition coefficient (Wildman–Crippen LogP) is 3.17. The van der Waals surface area contributed by atoms with E-state index in [0.717, 1.165) is 70.6 Å². The number of benzene rings is 1. The average Bonchev–Trinajstić information content (AvgIpc) is 3.28. The van der Waals surface area contributed by atoms with Crippen LogP contribution in [0.3, 0.4) is 0 Å². The van der Waals surface area contributed by atoms with Crippen LogP contribution in [0.5, 0.6) is 0 Å². The molecule has 2 fully saturated rings. The van der Waals surface area contributed by atoms with E-state index in [1.807, 2.05) is 7.05 Å². The maximum Gasteiger partial charge on any atom is 0.191 e. The monoisotopic (exact) mass is 416 g/mol. The van der Waals surface area contributed by atoms with E-state index in [9.17, 15) is 0 Å². The first kappa shape index (κ1) is 23.0. The molecule has 0 aromatic heterocycles. The lowest BCUT2D eigenvalue weighted by Gasteiger charge is -2.30. The minimum atomic E-state index is 0.307. The highest BCUT2D eigenvalue weighted by molar-refractivity contribution is 5.79. The predicted molar refractivity (Wildman–Crippen MR) is 123 cm³/mol. The third kappa shape index (κ3) is 8.25. The molecule has 0 spiro atoms. The number of ether oxygens (including phenoxy) is 2. The Hall–Kier alpha value is -1.63. The number of nitrogens with zero attached hydrogens (tertiary/aromatic N) is 2. The molecule has 0 amide bonds. The average molecular weight is 417 g/mol. The van der Waals surface area contributed by atoms with Crippen LogP contribution in [-0.4, -0.2) is 63.5 Å². The lowest BCUT2D eigenvalue weighted by molar-refractivity contribution is 0.0168. The first-order valence-electron chi connectivity index (χ1n) is 11.7. The van der Waals surface area contributed by atoms with Crippen molar-refractivity contribution < 1.29 is 9.47 Å². The molecule has 3 rings (SSSR count). The molecule has 0 saturated carbocycles. The van der Waals surface area contributed by atoms with Crippen LogP contribution < -0.4 is 10.6 Å². The van der Waals surface area contributed by atoms with Crippen LogP contribution in [0.2, 0.25) is 0 Å². The van der Waals surface area contributed by atoms with Gasteiger partial charge in [0.15, 0.2) is 5.96 Å². The first-order chi connectivity index (χ1) is 14.7. The summed E-state index contributed by atoms with van der Waals surface area (Å²) in [6, 6.07) is 8.91. The first-order valence-corrected chi connectivity index (χ1v) is 11.7. The van der Waals surface area contributed by atoms with Gasteiger partial charge in [-0.2, -0.15) is 0 Å². The smallest absolute Gasteiger partial charge is 0.191 e. The highest BCUT2D eigenvalue weighted by Gasteiger charge is 2.16. The Bertz CT molecular complexity index is 638. The van der Waals surface area contributed by atoms with Crippen molar-refractivity contribution in [2.45, 2.75) is 58.2 Å². The summed E-state index contributed by atoms with van der Waals surface area (Å²) in [7, 11) is 1.82. The molecule has 0 radical (unpaired) electrons. The summed E-state index contributed by atoms with van der Waals surface area (Å²) in [5.74, 6) is 1.72. The van der Waals surface area contributed by atoms with E-state index in [4.69, 9.17) is 9.47 Å². The van der Waals surface area contributed by atoms with Crippen LogP contribution in [0.25, 0.3) is 0 Å². The van der Waals surface area contributed by atoms with Crippen LogP contribution in [0.15, 0.2) is 29.3 Å². The number of guanidine groups is 1. The van der Waals surface area contributed by atoms with Crippen molar-refractivity contribution in [3.63, 3.8) is 0 Å². The third-order valence-corrected chi connectivity index (χ3v) is 6.04. The zero-order valence-corrected chi connectivity index (χ0v) is 18.9. The molecular formula is C24H40N4O2. The normalized spacial score (nSPS) is 21.1. The van der Waals surface area contributed by atoms with Crippen molar-refractivity contribution in [2.24, 2.45) is 10.9 Å². The van der Waals surface area contributed by atoms with E-state index in [2.05, 4.69) is 51.7 Å². The van der Waals surface area contributed by atoms with Crippen LogP contribution in [0.4, 0.5) is 0 Å². The number of hydrogen-bond donors (Lipinski definition) is 2. The fourth-order valence-electron chi connectivity index (χ4n) is 4.09. The lowest BCUT2D eigenvalue weighted by atomic mass is 9.98. The van der Waals surface area contributed by atoms with Gasteiger partial charge in [0.05, 0.1) is 12.7 Å². The molecule has 2 saturated heterocycles. The van der Waals surface area contributed by atoms with Crippen molar-refractivity contribution in [1.29, 1.82) is 0 Å². The standard InChI is InChI=1S/C24H40N4O2/c1-20-9-12-28(13-10-20)18-22-7-3-6-21(16-22)17-27-24(25-2)26-11-5-14-29-19-23-8-4-15-30-23/h3,6-7,16,20,23H,4-5,8-15,17-19H2,1-2H3,(H2,25,26,27). The fraction of sp³-hybridized carbons (Fsp3) is 0.708. The number of piperidine rings is 1. The molecular weight excluding hydrogens is 376 g/mol. The molecule has 6 heteroatoms. The third-order valence-electron chi connectivity index (χ3n) is 6.04. The van der Waals surface area contributed by atoms with Crippen LogP contribution in [0.1, 0.15) is 50.2 Å². The minimum Gasteiger partial charge on any atom is -0.379 e. The highest BCUT2D eigenvalue weighted by Crippen LogP contribution is 2.18. The molecule has 2 N–H and O–H groups in total. The number of aliphatic imine (C=N–C) groups is 1. The Morgan fingerprint density at radius 2 is 2.03 bits per heavy atom. The molecule has 2 heterocycles. The highest BCUT2D eigenvalue weighted by atomic mass is 16.5. The van der Waals surface area contributed by atoms with E-state index in [-0.39, 0.29) is 0 Å². The summed E-state index contributed by atoms with van der Waals surface area (Å²) < 4.78 is 11.3. The van der Waals surface area contributed by atoms with Gasteiger partial charge in [-0.25, -0.2) is 0 Å². The zero-order chi connectivity index (χ0) is 21.0. The van der Waals surface area contributed by atoms with E-state index < -0.39 is 0 Å². The SMILES string of the molecule is CN=C(NCCCOCC1CCCO1)NCc1cccc(CN2CCC(C)CC2)c1. The second-order valence-corrected chi connectivity index (χ2v) is 8.69. The van der Waals surface area contributed by atoms with Gasteiger partial charge in [-0.1, -0.05) is 31.2 Å². The minimum absolute atomic E-state index is 0.307. The van der Waals surface area contributed by atoms with Gasteiger partial charge in [0.25, 0.3) is 0 Å². The van der Waals surface area contributed by atoms with Gasteiger partial charge in [0.1, 0.15) is 0 Å². The Morgan fingerprint density at radius 3 is 2.80 bits per heavy atom. The molecule has 1 atom stereocenters. The Kier molecular flexibility index (Phi) is 9.93. The summed E-state index contributed by atoms with van der Waals surface area (Å²) in [4.78, 5) is 6.91. The molecule has 1 aromatic carbocycles. The number of rotatable bonds is 10. The topological polar surface area (TPSA) is 58.1 Å². The van der Waals surface area contributed by atoms with Crippen LogP contribution in [-0.2, 0) is 22.6 Å². The summed E-state index contributed by atoms with van der Waals surface area (Å²) >= 11 is 0. The van der Waals surface area contributed by atoms with E-state index >= 15 is 0 Å². The quantitative estimate of drug-likeness (QED) is 0.349. The number of likely N-dealkylation sites (tertiary alicyclic amines) is 1. The number of nitrogens with one attached hydrogen (secondary N) is 2. The summed E-state index contributed by atoms with van der Waals surface area (Å²) in [5.41, 5.74) is 2.69. The van der Waals surface area contributed by atoms with Crippen molar-refractivity contribution >= 4 is 5.96 Å². The molecule has 1 unspecified atom stereocenters. The molecule has 168 valence electrons. The molecule has 1 aromatic rings. The molecule has 30 heavy (non-hydrogen) atoms. The Labute approximate surface area is 182 Å². The fourth-order valence-corrected chi connectivity index (χ4v) is 4.09. The second kappa shape index (κ2) is 12.9. The van der Waals surface area contributed by atoms with Crippen molar-refractivity contribution in [1.82, 2.24) is 15.5 Å². The van der Waals surface area contributed by atoms with Gasteiger partial charge in [-0.3, -0.25) is 9.89 Å². The maximum absolute atomic E-state index is 5.71. The van der Waals surface area contributed by atoms with Crippen LogP contribution >= 0.6 is 0 Å². The van der Waals surface area contributed by atoms with Gasteiger partial charge >= 0.3 is 0 Å². The molecule has 2 aliphatic rings. The summed E-state index contributed by atoms with van der Waals surface area (Å²) in [6.45, 7) is 9.84. The van der Waals surface area contributed by atoms with Crippen molar-refractivity contribution in [3.05, 3.63) is 35.4 Å². The summed E-state index contributed by atoms with van der Waals surface area (Å²) in [5, 5.41) is 6.79. The van der Waals surface area contributed by atoms with Gasteiger partial charge in [-0.05, 0) is 62.2 Å². The van der Waals surface area contributed by atoms with Crippen molar-refractivity contribution in [2.75, 3.05) is 46.5 Å². The van der Waals surface area contributed by atoms with Gasteiger partial charge in [0, 0.05) is 39.9 Å². The molecule has 6 nitrogen and oxygen atoms in total. The van der Waals surface area contributed by atoms with Gasteiger partial charge in [-0.15, -0.1) is 0 Å². The lowest BCUT2D eigenvalue weighted by Crippen LogP contribution is -2.37.